The third-order valence-electron chi connectivity index (χ3n) is 13.1. The highest BCUT2D eigenvalue weighted by atomic mass is 31.2. The van der Waals surface area contributed by atoms with Gasteiger partial charge >= 0.3 is 49.4 Å². The van der Waals surface area contributed by atoms with Crippen LogP contribution in [0.3, 0.4) is 0 Å². The lowest BCUT2D eigenvalue weighted by molar-refractivity contribution is -0.144. The standard InChI is InChI=1S/C32H12BF24.C25H22OP/c34-25(35,36)13-1-14(26(37,38)39)6-21(5-13)33(22-7-15(27(40,41)42)2-16(8-22)28(43,44)45,23-9-17(29(46,47)48)3-18(10-23)30(49,50)51)24-11-19(31(52,53)54)4-20(12-24)32(55,56)57;1-21-17-19-22(20-18-21)26-27(23-11-5-2-6-12-23,24-13-7-3-8-14-24)25-15-9-4-10-16-25/h1-12H;2-20H,1H3/q-1;+1. The Bertz CT molecular complexity index is 3050. The summed E-state index contributed by atoms with van der Waals surface area (Å²) in [6.07, 6.45) is -54.8. The zero-order valence-electron chi connectivity index (χ0n) is 41.9. The van der Waals surface area contributed by atoms with Crippen molar-refractivity contribution in [3.8, 4) is 5.75 Å². The van der Waals surface area contributed by atoms with E-state index in [1.807, 2.05) is 0 Å². The monoisotopic (exact) mass is 1230 g/mol. The normalized spacial score (nSPS) is 13.3. The maximum atomic E-state index is 14.2. The molecular weight excluding hydrogens is 1200 g/mol. The van der Waals surface area contributed by atoms with E-state index in [2.05, 4.69) is 122 Å². The van der Waals surface area contributed by atoms with Gasteiger partial charge in [0.2, 0.25) is 0 Å². The fourth-order valence-electron chi connectivity index (χ4n) is 9.35. The van der Waals surface area contributed by atoms with Crippen LogP contribution >= 0.6 is 7.49 Å². The molecule has 444 valence electrons. The SMILES string of the molecule is Cc1ccc(O[P+](c2ccccc2)(c2ccccc2)c2ccccc2)cc1.FC(F)(F)c1cc([B-](c2cc(C(F)(F)F)cc(C(F)(F)F)c2)(c2cc(C(F)(F)F)cc(C(F)(F)F)c2)c2cc(C(F)(F)F)cc(C(F)(F)F)c2)cc(C(F)(F)F)c1. The number of hydrogen-bond donors (Lipinski definition) is 0. The van der Waals surface area contributed by atoms with Crippen molar-refractivity contribution in [2.24, 2.45) is 0 Å². The molecule has 0 saturated heterocycles. The molecule has 8 rings (SSSR count). The van der Waals surface area contributed by atoms with E-state index in [0.717, 1.165) is 5.75 Å². The number of benzene rings is 8. The van der Waals surface area contributed by atoms with Crippen molar-refractivity contribution in [1.82, 2.24) is 0 Å². The highest BCUT2D eigenvalue weighted by molar-refractivity contribution is 7.92. The largest absolute Gasteiger partial charge is 0.416 e. The molecule has 0 saturated carbocycles. The van der Waals surface area contributed by atoms with Gasteiger partial charge in [0, 0.05) is 0 Å². The minimum atomic E-state index is -6.13. The van der Waals surface area contributed by atoms with E-state index < -0.39 is 202 Å². The van der Waals surface area contributed by atoms with Crippen molar-refractivity contribution in [2.45, 2.75) is 56.3 Å². The first-order valence-electron chi connectivity index (χ1n) is 23.7. The summed E-state index contributed by atoms with van der Waals surface area (Å²) in [5.41, 5.74) is -29.0. The predicted molar refractivity (Wildman–Crippen MR) is 267 cm³/mol. The van der Waals surface area contributed by atoms with Gasteiger partial charge in [0.05, 0.1) is 44.5 Å². The zero-order valence-corrected chi connectivity index (χ0v) is 42.8. The zero-order chi connectivity index (χ0) is 62.4. The summed E-state index contributed by atoms with van der Waals surface area (Å²) in [5.74, 6) is 0.894. The van der Waals surface area contributed by atoms with Crippen molar-refractivity contribution in [1.29, 1.82) is 0 Å². The predicted octanol–water partition coefficient (Wildman–Crippen LogP) is 16.5. The molecular formula is C57H34BF24OP. The van der Waals surface area contributed by atoms with Gasteiger partial charge in [-0.25, -0.2) is 0 Å². The average molecular weight is 1230 g/mol. The summed E-state index contributed by atoms with van der Waals surface area (Å²) in [4.78, 5) is 0. The third kappa shape index (κ3) is 14.0. The average Bonchev–Trinajstić information content (AvgIpc) is 0.822. The fraction of sp³-hybridized carbons (Fsp3) is 0.158. The summed E-state index contributed by atoms with van der Waals surface area (Å²) < 4.78 is 348. The molecule has 84 heavy (non-hydrogen) atoms. The van der Waals surface area contributed by atoms with Crippen LogP contribution in [-0.4, -0.2) is 6.15 Å². The second kappa shape index (κ2) is 22.8. The van der Waals surface area contributed by atoms with Gasteiger partial charge in [-0.2, -0.15) is 127 Å². The molecule has 0 aliphatic heterocycles. The maximum Gasteiger partial charge on any atom is 0.416 e. The van der Waals surface area contributed by atoms with E-state index in [9.17, 15) is 105 Å². The highest BCUT2D eigenvalue weighted by Gasteiger charge is 2.51. The minimum absolute atomic E-state index is 0.691. The van der Waals surface area contributed by atoms with Gasteiger partial charge in [-0.15, -0.1) is 0 Å². The molecule has 0 aromatic heterocycles. The Hall–Kier alpha value is -7.63. The second-order valence-corrected chi connectivity index (χ2v) is 21.7. The van der Waals surface area contributed by atoms with Crippen LogP contribution in [0.5, 0.6) is 5.75 Å². The van der Waals surface area contributed by atoms with E-state index in [1.54, 1.807) is 0 Å². The first-order chi connectivity index (χ1) is 38.5. The number of hydrogen-bond acceptors (Lipinski definition) is 1. The topological polar surface area (TPSA) is 9.23 Å². The maximum absolute atomic E-state index is 14.2. The van der Waals surface area contributed by atoms with Crippen molar-refractivity contribution in [2.75, 3.05) is 0 Å². The lowest BCUT2D eigenvalue weighted by Gasteiger charge is -2.46. The smallest absolute Gasteiger partial charge is 0.334 e. The summed E-state index contributed by atoms with van der Waals surface area (Å²) in [6.45, 7) is 2.10. The fourth-order valence-corrected chi connectivity index (χ4v) is 12.8. The van der Waals surface area contributed by atoms with Gasteiger partial charge in [-0.05, 0) is 79.7 Å². The summed E-state index contributed by atoms with van der Waals surface area (Å²) in [5, 5.41) is 3.63. The van der Waals surface area contributed by atoms with E-state index in [0.29, 0.717) is 0 Å². The van der Waals surface area contributed by atoms with E-state index in [1.165, 1.54) is 21.5 Å². The van der Waals surface area contributed by atoms with E-state index >= 15 is 0 Å². The summed E-state index contributed by atoms with van der Waals surface area (Å²) >= 11 is 0. The Morgan fingerprint density at radius 3 is 0.631 bits per heavy atom. The lowest BCUT2D eigenvalue weighted by Crippen LogP contribution is -2.75. The Morgan fingerprint density at radius 1 is 0.262 bits per heavy atom. The number of rotatable bonds is 9. The Labute approximate surface area is 460 Å². The van der Waals surface area contributed by atoms with Crippen LogP contribution in [0.2, 0.25) is 0 Å². The molecule has 27 heteroatoms. The molecule has 0 bridgehead atoms. The molecule has 0 unspecified atom stereocenters. The summed E-state index contributed by atoms with van der Waals surface area (Å²) in [7, 11) is -2.29. The molecule has 0 heterocycles. The molecule has 0 radical (unpaired) electrons. The van der Waals surface area contributed by atoms with Crippen LogP contribution in [0.4, 0.5) is 105 Å². The van der Waals surface area contributed by atoms with Crippen LogP contribution in [0.15, 0.2) is 188 Å². The Kier molecular flexibility index (Phi) is 17.3. The highest BCUT2D eigenvalue weighted by Crippen LogP contribution is 2.56. The van der Waals surface area contributed by atoms with Crippen LogP contribution in [0, 0.1) is 6.92 Å². The van der Waals surface area contributed by atoms with Crippen molar-refractivity contribution in [3.63, 3.8) is 0 Å². The molecule has 8 aromatic carbocycles. The van der Waals surface area contributed by atoms with Crippen LogP contribution in [0.1, 0.15) is 50.1 Å². The molecule has 0 aliphatic rings. The Balaban J connectivity index is 0.000000309. The van der Waals surface area contributed by atoms with Crippen molar-refractivity contribution >= 4 is 51.4 Å². The second-order valence-electron chi connectivity index (χ2n) is 18.7. The summed E-state index contributed by atoms with van der Waals surface area (Å²) in [6, 6.07) is 31.3. The van der Waals surface area contributed by atoms with Gasteiger partial charge in [-0.3, -0.25) is 0 Å². The van der Waals surface area contributed by atoms with Gasteiger partial charge in [0.15, 0.2) is 5.75 Å². The van der Waals surface area contributed by atoms with Gasteiger partial charge < -0.3 is 4.52 Å². The van der Waals surface area contributed by atoms with Crippen LogP contribution < -0.4 is 42.3 Å². The van der Waals surface area contributed by atoms with Crippen LogP contribution in [-0.2, 0) is 49.4 Å². The van der Waals surface area contributed by atoms with Crippen molar-refractivity contribution in [3.05, 3.63) is 238 Å². The molecule has 8 aromatic rings. The van der Waals surface area contributed by atoms with E-state index in [-0.39, 0.29) is 0 Å². The van der Waals surface area contributed by atoms with Crippen molar-refractivity contribution < 1.29 is 110 Å². The van der Waals surface area contributed by atoms with Gasteiger partial charge in [0.25, 0.3) is 7.49 Å². The molecule has 0 fully saturated rings. The molecule has 0 amide bonds. The van der Waals surface area contributed by atoms with Gasteiger partial charge in [-0.1, -0.05) is 121 Å². The molecule has 0 atom stereocenters. The number of halogens is 24. The number of alkyl halides is 24. The molecule has 0 spiro atoms. The Morgan fingerprint density at radius 2 is 0.452 bits per heavy atom. The van der Waals surface area contributed by atoms with Gasteiger partial charge in [0.1, 0.15) is 22.1 Å². The lowest BCUT2D eigenvalue weighted by atomic mass is 9.12. The minimum Gasteiger partial charge on any atom is -0.334 e. The quantitative estimate of drug-likeness (QED) is 0.0795. The number of aryl methyl sites for hydroxylation is 1. The molecule has 0 N–H and O–H groups in total. The molecule has 0 aliphatic carbocycles. The molecule has 1 nitrogen and oxygen atoms in total. The van der Waals surface area contributed by atoms with E-state index in [4.69, 9.17) is 4.52 Å². The first kappa shape index (κ1) is 63.9. The first-order valence-corrected chi connectivity index (χ1v) is 25.4. The third-order valence-corrected chi connectivity index (χ3v) is 16.6. The van der Waals surface area contributed by atoms with Crippen LogP contribution in [0.25, 0.3) is 0 Å².